The zero-order chi connectivity index (χ0) is 16.6. The summed E-state index contributed by atoms with van der Waals surface area (Å²) < 4.78 is 0. The predicted octanol–water partition coefficient (Wildman–Crippen LogP) is 5.04. The molecule has 4 nitrogen and oxygen atoms in total. The van der Waals surface area contributed by atoms with Crippen LogP contribution in [0.5, 0.6) is 0 Å². The molecule has 1 aromatic heterocycles. The van der Waals surface area contributed by atoms with Gasteiger partial charge in [-0.25, -0.2) is 9.97 Å². The van der Waals surface area contributed by atoms with Gasteiger partial charge in [-0.1, -0.05) is 41.4 Å². The van der Waals surface area contributed by atoms with Gasteiger partial charge in [0.1, 0.15) is 18.0 Å². The Morgan fingerprint density at radius 1 is 1.04 bits per heavy atom. The minimum Gasteiger partial charge on any atom is -0.370 e. The second-order valence-electron chi connectivity index (χ2n) is 6.02. The highest BCUT2D eigenvalue weighted by Crippen LogP contribution is 2.20. The van der Waals surface area contributed by atoms with Gasteiger partial charge in [0.25, 0.3) is 0 Å². The maximum Gasteiger partial charge on any atom is 0.131 e. The highest BCUT2D eigenvalue weighted by molar-refractivity contribution is 6.31. The fourth-order valence-corrected chi connectivity index (χ4v) is 3.06. The van der Waals surface area contributed by atoms with Crippen LogP contribution in [0.3, 0.4) is 0 Å². The van der Waals surface area contributed by atoms with E-state index in [-0.39, 0.29) is 0 Å². The van der Waals surface area contributed by atoms with Gasteiger partial charge in [-0.3, -0.25) is 0 Å². The normalized spacial score (nSPS) is 14.1. The highest BCUT2D eigenvalue weighted by atomic mass is 35.5. The van der Waals surface area contributed by atoms with Crippen LogP contribution >= 0.6 is 11.6 Å². The summed E-state index contributed by atoms with van der Waals surface area (Å²) in [6.07, 6.45) is 10.2. The first kappa shape index (κ1) is 16.8. The Kier molecular flexibility index (Phi) is 6.07. The van der Waals surface area contributed by atoms with Gasteiger partial charge in [-0.05, 0) is 43.7 Å². The van der Waals surface area contributed by atoms with Gasteiger partial charge >= 0.3 is 0 Å². The van der Waals surface area contributed by atoms with E-state index in [1.165, 1.54) is 25.7 Å². The first-order valence-corrected chi connectivity index (χ1v) is 8.90. The van der Waals surface area contributed by atoms with E-state index < -0.39 is 0 Å². The summed E-state index contributed by atoms with van der Waals surface area (Å²) in [5, 5.41) is 7.44. The zero-order valence-corrected chi connectivity index (χ0v) is 14.5. The van der Waals surface area contributed by atoms with E-state index in [1.54, 1.807) is 11.9 Å². The second kappa shape index (κ2) is 8.69. The fraction of sp³-hybridized carbons (Fsp3) is 0.368. The molecule has 1 aliphatic rings. The largest absolute Gasteiger partial charge is 0.370 e. The first-order valence-electron chi connectivity index (χ1n) is 8.52. The van der Waals surface area contributed by atoms with Crippen LogP contribution in [0.25, 0.3) is 0 Å². The smallest absolute Gasteiger partial charge is 0.131 e. The summed E-state index contributed by atoms with van der Waals surface area (Å²) in [6.45, 7) is 1.55. The lowest BCUT2D eigenvalue weighted by Gasteiger charge is -2.13. The van der Waals surface area contributed by atoms with Crippen molar-refractivity contribution in [2.75, 3.05) is 17.2 Å². The third-order valence-corrected chi connectivity index (χ3v) is 4.59. The summed E-state index contributed by atoms with van der Waals surface area (Å²) in [4.78, 5) is 8.55. The standard InChI is InChI=1S/C19H23ClN4/c20-17-9-5-4-8-16(17)13-22-19-12-18(23-14-24-19)21-11-10-15-6-2-1-3-7-15/h4-6,8-9,12,14H,1-3,7,10-11,13H2,(H2,21,22,23,24). The topological polar surface area (TPSA) is 49.8 Å². The number of benzene rings is 1. The molecule has 5 heteroatoms. The zero-order valence-electron chi connectivity index (χ0n) is 13.8. The number of aromatic nitrogens is 2. The molecule has 3 rings (SSSR count). The van der Waals surface area contributed by atoms with Crippen LogP contribution < -0.4 is 10.6 Å². The fourth-order valence-electron chi connectivity index (χ4n) is 2.86. The van der Waals surface area contributed by atoms with E-state index in [0.717, 1.165) is 35.2 Å². The van der Waals surface area contributed by atoms with E-state index in [1.807, 2.05) is 30.3 Å². The van der Waals surface area contributed by atoms with Gasteiger partial charge in [-0.15, -0.1) is 0 Å². The Labute approximate surface area is 148 Å². The number of rotatable bonds is 7. The van der Waals surface area contributed by atoms with E-state index in [4.69, 9.17) is 11.6 Å². The van der Waals surface area contributed by atoms with Crippen LogP contribution in [0.2, 0.25) is 5.02 Å². The Balaban J connectivity index is 1.50. The summed E-state index contributed by atoms with van der Waals surface area (Å²) in [7, 11) is 0. The number of nitrogens with zero attached hydrogens (tertiary/aromatic N) is 2. The van der Waals surface area contributed by atoms with Crippen molar-refractivity contribution in [3.8, 4) is 0 Å². The molecule has 2 N–H and O–H groups in total. The molecule has 2 aromatic rings. The molecule has 0 saturated carbocycles. The van der Waals surface area contributed by atoms with Crippen molar-refractivity contribution >= 4 is 23.2 Å². The molecule has 0 bridgehead atoms. The van der Waals surface area contributed by atoms with Crippen molar-refractivity contribution < 1.29 is 0 Å². The molecule has 0 unspecified atom stereocenters. The van der Waals surface area contributed by atoms with Gasteiger partial charge in [-0.2, -0.15) is 0 Å². The SMILES string of the molecule is Clc1ccccc1CNc1cc(NCCC2=CCCCC2)ncn1. The van der Waals surface area contributed by atoms with Crippen LogP contribution in [0.15, 0.2) is 48.3 Å². The van der Waals surface area contributed by atoms with Crippen molar-refractivity contribution in [3.63, 3.8) is 0 Å². The lowest BCUT2D eigenvalue weighted by Crippen LogP contribution is -2.07. The second-order valence-corrected chi connectivity index (χ2v) is 6.43. The quantitative estimate of drug-likeness (QED) is 0.692. The third-order valence-electron chi connectivity index (χ3n) is 4.22. The van der Waals surface area contributed by atoms with Crippen molar-refractivity contribution in [1.29, 1.82) is 0 Å². The van der Waals surface area contributed by atoms with Crippen LogP contribution in [-0.2, 0) is 6.54 Å². The summed E-state index contributed by atoms with van der Waals surface area (Å²) in [5.41, 5.74) is 2.62. The Morgan fingerprint density at radius 3 is 2.67 bits per heavy atom. The van der Waals surface area contributed by atoms with Crippen molar-refractivity contribution in [2.24, 2.45) is 0 Å². The number of nitrogens with one attached hydrogen (secondary N) is 2. The van der Waals surface area contributed by atoms with Crippen LogP contribution in [-0.4, -0.2) is 16.5 Å². The van der Waals surface area contributed by atoms with Gasteiger partial charge < -0.3 is 10.6 Å². The van der Waals surface area contributed by atoms with E-state index in [9.17, 15) is 0 Å². The number of halogens is 1. The van der Waals surface area contributed by atoms with Crippen LogP contribution in [0.1, 0.15) is 37.7 Å². The third kappa shape index (κ3) is 4.96. The molecular weight excluding hydrogens is 320 g/mol. The number of allylic oxidation sites excluding steroid dienone is 1. The van der Waals surface area contributed by atoms with Crippen molar-refractivity contribution in [3.05, 3.63) is 58.9 Å². The molecular formula is C19H23ClN4. The van der Waals surface area contributed by atoms with Gasteiger partial charge in [0.2, 0.25) is 0 Å². The molecule has 0 fully saturated rings. The van der Waals surface area contributed by atoms with Gasteiger partial charge in [0.05, 0.1) is 0 Å². The Morgan fingerprint density at radius 2 is 1.88 bits per heavy atom. The molecule has 0 saturated heterocycles. The van der Waals surface area contributed by atoms with Crippen molar-refractivity contribution in [2.45, 2.75) is 38.6 Å². The summed E-state index contributed by atoms with van der Waals surface area (Å²) in [6, 6.07) is 9.75. The average Bonchev–Trinajstić information content (AvgIpc) is 2.62. The van der Waals surface area contributed by atoms with Gasteiger partial charge in [0.15, 0.2) is 0 Å². The van der Waals surface area contributed by atoms with E-state index >= 15 is 0 Å². The van der Waals surface area contributed by atoms with Crippen LogP contribution in [0, 0.1) is 0 Å². The molecule has 0 amide bonds. The molecule has 0 radical (unpaired) electrons. The van der Waals surface area contributed by atoms with E-state index in [2.05, 4.69) is 26.7 Å². The molecule has 126 valence electrons. The molecule has 0 spiro atoms. The lowest BCUT2D eigenvalue weighted by molar-refractivity contribution is 0.679. The maximum atomic E-state index is 6.17. The molecule has 0 atom stereocenters. The number of hydrogen-bond acceptors (Lipinski definition) is 4. The molecule has 1 heterocycles. The predicted molar refractivity (Wildman–Crippen MR) is 100 cm³/mol. The number of hydrogen-bond donors (Lipinski definition) is 2. The Bertz CT molecular complexity index is 699. The number of anilines is 2. The average molecular weight is 343 g/mol. The molecule has 24 heavy (non-hydrogen) atoms. The van der Waals surface area contributed by atoms with Crippen LogP contribution in [0.4, 0.5) is 11.6 Å². The summed E-state index contributed by atoms with van der Waals surface area (Å²) >= 11 is 6.17. The highest BCUT2D eigenvalue weighted by Gasteiger charge is 2.04. The molecule has 0 aliphatic heterocycles. The molecule has 1 aliphatic carbocycles. The van der Waals surface area contributed by atoms with Crippen molar-refractivity contribution in [1.82, 2.24) is 9.97 Å². The van der Waals surface area contributed by atoms with Gasteiger partial charge in [0, 0.05) is 24.2 Å². The lowest BCUT2D eigenvalue weighted by atomic mass is 9.97. The first-order chi connectivity index (χ1) is 11.8. The summed E-state index contributed by atoms with van der Waals surface area (Å²) in [5.74, 6) is 1.65. The van der Waals surface area contributed by atoms with E-state index in [0.29, 0.717) is 6.54 Å². The Hall–Kier alpha value is -2.07. The minimum absolute atomic E-state index is 0.642. The monoisotopic (exact) mass is 342 g/mol. The maximum absolute atomic E-state index is 6.17. The minimum atomic E-state index is 0.642. The molecule has 1 aromatic carbocycles.